The predicted octanol–water partition coefficient (Wildman–Crippen LogP) is 1.97. The van der Waals surface area contributed by atoms with Gasteiger partial charge in [-0.05, 0) is 72.5 Å². The third-order valence-corrected chi connectivity index (χ3v) is 4.02. The highest BCUT2D eigenvalue weighted by Gasteiger charge is 2.17. The molecule has 0 aromatic carbocycles. The molecule has 1 rings (SSSR count). The molecule has 1 fully saturated rings. The average Bonchev–Trinajstić information content (AvgIpc) is 2.30. The van der Waals surface area contributed by atoms with E-state index in [1.165, 1.54) is 51.6 Å². The summed E-state index contributed by atoms with van der Waals surface area (Å²) in [5.74, 6) is 0. The Morgan fingerprint density at radius 3 is 2.41 bits per heavy atom. The number of hydrogen-bond donors (Lipinski definition) is 2. The highest BCUT2D eigenvalue weighted by molar-refractivity contribution is 4.78. The molecule has 1 saturated carbocycles. The molecule has 0 bridgehead atoms. The second-order valence-electron chi connectivity index (χ2n) is 5.85. The molecule has 3 nitrogen and oxygen atoms in total. The number of rotatable bonds is 7. The van der Waals surface area contributed by atoms with Crippen LogP contribution in [0.5, 0.6) is 0 Å². The Morgan fingerprint density at radius 2 is 1.82 bits per heavy atom. The largest absolute Gasteiger partial charge is 0.328 e. The number of unbranched alkanes of at least 4 members (excludes halogenated alkanes) is 1. The molecule has 0 aliphatic heterocycles. The fraction of sp³-hybridized carbons (Fsp3) is 1.00. The molecule has 0 heterocycles. The van der Waals surface area contributed by atoms with E-state index in [2.05, 4.69) is 31.1 Å². The lowest BCUT2D eigenvalue weighted by Gasteiger charge is -2.27. The molecule has 0 aromatic heterocycles. The van der Waals surface area contributed by atoms with Gasteiger partial charge in [0.1, 0.15) is 0 Å². The second-order valence-corrected chi connectivity index (χ2v) is 5.85. The van der Waals surface area contributed by atoms with E-state index in [4.69, 9.17) is 5.73 Å². The average molecular weight is 241 g/mol. The van der Waals surface area contributed by atoms with Crippen LogP contribution in [0.15, 0.2) is 0 Å². The zero-order valence-electron chi connectivity index (χ0n) is 11.9. The minimum absolute atomic E-state index is 0.466. The molecule has 17 heavy (non-hydrogen) atoms. The Kier molecular flexibility index (Phi) is 7.09. The van der Waals surface area contributed by atoms with E-state index in [9.17, 15) is 0 Å². The molecule has 0 spiro atoms. The van der Waals surface area contributed by atoms with Crippen molar-refractivity contribution in [3.8, 4) is 0 Å². The first-order valence-electron chi connectivity index (χ1n) is 7.28. The van der Waals surface area contributed by atoms with Gasteiger partial charge in [-0.1, -0.05) is 0 Å². The Hall–Kier alpha value is -0.120. The number of nitrogens with zero attached hydrogens (tertiary/aromatic N) is 1. The molecule has 0 amide bonds. The molecule has 3 N–H and O–H groups in total. The molecular weight excluding hydrogens is 210 g/mol. The van der Waals surface area contributed by atoms with Gasteiger partial charge in [0.2, 0.25) is 0 Å². The van der Waals surface area contributed by atoms with Gasteiger partial charge < -0.3 is 16.0 Å². The maximum atomic E-state index is 5.90. The normalized spacial score (nSPS) is 25.8. The fourth-order valence-electron chi connectivity index (χ4n) is 2.37. The molecular formula is C14H31N3. The van der Waals surface area contributed by atoms with E-state index >= 15 is 0 Å². The van der Waals surface area contributed by atoms with E-state index in [0.717, 1.165) is 6.04 Å². The van der Waals surface area contributed by atoms with Crippen LogP contribution >= 0.6 is 0 Å². The van der Waals surface area contributed by atoms with Gasteiger partial charge >= 0.3 is 0 Å². The number of nitrogens with one attached hydrogen (secondary N) is 1. The van der Waals surface area contributed by atoms with Crippen molar-refractivity contribution < 1.29 is 0 Å². The van der Waals surface area contributed by atoms with Crippen molar-refractivity contribution in [1.82, 2.24) is 10.2 Å². The van der Waals surface area contributed by atoms with E-state index in [-0.39, 0.29) is 0 Å². The monoisotopic (exact) mass is 241 g/mol. The van der Waals surface area contributed by atoms with E-state index in [1.54, 1.807) is 0 Å². The first kappa shape index (κ1) is 14.9. The number of nitrogens with two attached hydrogens (primary N) is 1. The van der Waals surface area contributed by atoms with Crippen LogP contribution in [-0.4, -0.2) is 43.2 Å². The Morgan fingerprint density at radius 1 is 1.18 bits per heavy atom. The van der Waals surface area contributed by atoms with Crippen LogP contribution < -0.4 is 11.1 Å². The minimum Gasteiger partial charge on any atom is -0.328 e. The smallest absolute Gasteiger partial charge is 0.00682 e. The molecule has 0 aromatic rings. The van der Waals surface area contributed by atoms with Crippen molar-refractivity contribution >= 4 is 0 Å². The van der Waals surface area contributed by atoms with E-state index in [1.807, 2.05) is 0 Å². The van der Waals surface area contributed by atoms with Crippen LogP contribution in [0.3, 0.4) is 0 Å². The van der Waals surface area contributed by atoms with Crippen LogP contribution in [-0.2, 0) is 0 Å². The van der Waals surface area contributed by atoms with Crippen LogP contribution in [0.1, 0.15) is 52.4 Å². The molecule has 1 aliphatic rings. The SMILES string of the molecule is CC(C)N(C)CCCCNC1CCC(N)CC1. The molecule has 0 atom stereocenters. The third kappa shape index (κ3) is 6.39. The van der Waals surface area contributed by atoms with Gasteiger partial charge in [0.05, 0.1) is 0 Å². The summed E-state index contributed by atoms with van der Waals surface area (Å²) in [7, 11) is 2.21. The van der Waals surface area contributed by atoms with Gasteiger partial charge in [0, 0.05) is 18.1 Å². The molecule has 0 unspecified atom stereocenters. The minimum atomic E-state index is 0.466. The summed E-state index contributed by atoms with van der Waals surface area (Å²) < 4.78 is 0. The molecule has 0 radical (unpaired) electrons. The van der Waals surface area contributed by atoms with Crippen LogP contribution in [0.4, 0.5) is 0 Å². The van der Waals surface area contributed by atoms with Crippen molar-refractivity contribution in [3.05, 3.63) is 0 Å². The Bertz CT molecular complexity index is 186. The van der Waals surface area contributed by atoms with Crippen molar-refractivity contribution in [2.75, 3.05) is 20.1 Å². The Balaban J connectivity index is 1.94. The van der Waals surface area contributed by atoms with Gasteiger partial charge in [0.15, 0.2) is 0 Å². The topological polar surface area (TPSA) is 41.3 Å². The summed E-state index contributed by atoms with van der Waals surface area (Å²) in [6, 6.07) is 1.87. The van der Waals surface area contributed by atoms with Crippen LogP contribution in [0.2, 0.25) is 0 Å². The van der Waals surface area contributed by atoms with Crippen molar-refractivity contribution in [3.63, 3.8) is 0 Å². The summed E-state index contributed by atoms with van der Waals surface area (Å²) in [4.78, 5) is 2.42. The summed E-state index contributed by atoms with van der Waals surface area (Å²) in [6.45, 7) is 6.90. The maximum absolute atomic E-state index is 5.90. The third-order valence-electron chi connectivity index (χ3n) is 4.02. The second kappa shape index (κ2) is 8.06. The van der Waals surface area contributed by atoms with Gasteiger partial charge in [-0.25, -0.2) is 0 Å². The highest BCUT2D eigenvalue weighted by Crippen LogP contribution is 2.16. The lowest BCUT2D eigenvalue weighted by Crippen LogP contribution is -2.38. The van der Waals surface area contributed by atoms with Gasteiger partial charge in [-0.3, -0.25) is 0 Å². The molecule has 0 saturated heterocycles. The summed E-state index contributed by atoms with van der Waals surface area (Å²) in [6.07, 6.45) is 7.54. The maximum Gasteiger partial charge on any atom is 0.00682 e. The lowest BCUT2D eigenvalue weighted by molar-refractivity contribution is 0.265. The quantitative estimate of drug-likeness (QED) is 0.670. The standard InChI is InChI=1S/C14H31N3/c1-12(2)17(3)11-5-4-10-16-14-8-6-13(15)7-9-14/h12-14,16H,4-11,15H2,1-3H3. The number of hydrogen-bond acceptors (Lipinski definition) is 3. The van der Waals surface area contributed by atoms with Gasteiger partial charge in [-0.2, -0.15) is 0 Å². The first-order chi connectivity index (χ1) is 8.09. The van der Waals surface area contributed by atoms with Crippen molar-refractivity contribution in [2.24, 2.45) is 5.73 Å². The van der Waals surface area contributed by atoms with Gasteiger partial charge in [-0.15, -0.1) is 0 Å². The van der Waals surface area contributed by atoms with E-state index in [0.29, 0.717) is 12.1 Å². The zero-order valence-corrected chi connectivity index (χ0v) is 11.9. The summed E-state index contributed by atoms with van der Waals surface area (Å²) in [5, 5.41) is 3.67. The zero-order chi connectivity index (χ0) is 12.7. The predicted molar refractivity (Wildman–Crippen MR) is 75.2 cm³/mol. The van der Waals surface area contributed by atoms with Crippen LogP contribution in [0, 0.1) is 0 Å². The summed E-state index contributed by atoms with van der Waals surface area (Å²) >= 11 is 0. The fourth-order valence-corrected chi connectivity index (χ4v) is 2.37. The van der Waals surface area contributed by atoms with Gasteiger partial charge in [0.25, 0.3) is 0 Å². The molecule has 1 aliphatic carbocycles. The highest BCUT2D eigenvalue weighted by atomic mass is 15.1. The molecule has 102 valence electrons. The van der Waals surface area contributed by atoms with Crippen molar-refractivity contribution in [2.45, 2.75) is 70.5 Å². The summed E-state index contributed by atoms with van der Waals surface area (Å²) in [5.41, 5.74) is 5.90. The lowest BCUT2D eigenvalue weighted by atomic mass is 9.92. The first-order valence-corrected chi connectivity index (χ1v) is 7.28. The molecule has 3 heteroatoms. The van der Waals surface area contributed by atoms with Crippen LogP contribution in [0.25, 0.3) is 0 Å². The Labute approximate surface area is 107 Å². The van der Waals surface area contributed by atoms with Crippen molar-refractivity contribution in [1.29, 1.82) is 0 Å². The van der Waals surface area contributed by atoms with E-state index < -0.39 is 0 Å².